The molecule has 1 heterocycles. The van der Waals surface area contributed by atoms with Gasteiger partial charge in [0, 0.05) is 45.7 Å². The van der Waals surface area contributed by atoms with Crippen molar-refractivity contribution >= 4 is 0 Å². The minimum absolute atomic E-state index is 0.615. The highest BCUT2D eigenvalue weighted by Gasteiger charge is 2.31. The van der Waals surface area contributed by atoms with Gasteiger partial charge in [0.15, 0.2) is 0 Å². The minimum Gasteiger partial charge on any atom is -0.388 e. The van der Waals surface area contributed by atoms with Gasteiger partial charge in [0.1, 0.15) is 0 Å². The van der Waals surface area contributed by atoms with Crippen molar-refractivity contribution in [3.63, 3.8) is 0 Å². The zero-order valence-corrected chi connectivity index (χ0v) is 11.4. The maximum Gasteiger partial charge on any atom is 0.0818 e. The van der Waals surface area contributed by atoms with Gasteiger partial charge in [-0.25, -0.2) is 0 Å². The number of rotatable bonds is 6. The van der Waals surface area contributed by atoms with Gasteiger partial charge in [-0.1, -0.05) is 36.4 Å². The Morgan fingerprint density at radius 2 is 1.95 bits per heavy atom. The van der Waals surface area contributed by atoms with Crippen LogP contribution in [0.4, 0.5) is 0 Å². The molecule has 0 aromatic heterocycles. The molecule has 3 nitrogen and oxygen atoms in total. The fraction of sp³-hybridized carbons (Fsp3) is 0.500. The zero-order valence-electron chi connectivity index (χ0n) is 11.4. The summed E-state index contributed by atoms with van der Waals surface area (Å²) in [5, 5.41) is 10.6. The van der Waals surface area contributed by atoms with Crippen molar-refractivity contribution in [1.82, 2.24) is 4.90 Å². The summed E-state index contributed by atoms with van der Waals surface area (Å²) in [6, 6.07) is 10.3. The maximum atomic E-state index is 10.6. The highest BCUT2D eigenvalue weighted by molar-refractivity contribution is 5.14. The average Bonchev–Trinajstić information content (AvgIpc) is 2.40. The predicted octanol–water partition coefficient (Wildman–Crippen LogP) is 2.22. The van der Waals surface area contributed by atoms with Crippen LogP contribution < -0.4 is 0 Å². The van der Waals surface area contributed by atoms with E-state index in [1.807, 2.05) is 24.3 Å². The molecule has 2 rings (SSSR count). The molecule has 0 saturated carbocycles. The lowest BCUT2D eigenvalue weighted by molar-refractivity contribution is -0.0795. The lowest BCUT2D eigenvalue weighted by atomic mass is 9.93. The molecule has 1 aliphatic heterocycles. The lowest BCUT2D eigenvalue weighted by Gasteiger charge is -2.36. The van der Waals surface area contributed by atoms with Crippen LogP contribution in [0.2, 0.25) is 0 Å². The lowest BCUT2D eigenvalue weighted by Crippen LogP contribution is -2.46. The fourth-order valence-corrected chi connectivity index (χ4v) is 2.53. The number of hydrogen-bond acceptors (Lipinski definition) is 3. The Balaban J connectivity index is 1.97. The van der Waals surface area contributed by atoms with Gasteiger partial charge in [-0.15, -0.1) is 6.58 Å². The van der Waals surface area contributed by atoms with Gasteiger partial charge in [-0.05, 0) is 5.56 Å². The van der Waals surface area contributed by atoms with Crippen LogP contribution in [0.3, 0.4) is 0 Å². The molecule has 0 spiro atoms. The summed E-state index contributed by atoms with van der Waals surface area (Å²) in [6.45, 7) is 7.43. The summed E-state index contributed by atoms with van der Waals surface area (Å²) in [5.74, 6) is 0. The van der Waals surface area contributed by atoms with Crippen LogP contribution in [0.25, 0.3) is 0 Å². The largest absolute Gasteiger partial charge is 0.388 e. The summed E-state index contributed by atoms with van der Waals surface area (Å²) in [7, 11) is 0. The number of aliphatic hydroxyl groups is 1. The Morgan fingerprint density at radius 1 is 1.26 bits per heavy atom. The number of ether oxygens (including phenoxy) is 1. The third kappa shape index (κ3) is 4.46. The second kappa shape index (κ2) is 6.85. The van der Waals surface area contributed by atoms with Gasteiger partial charge < -0.3 is 9.84 Å². The van der Waals surface area contributed by atoms with Crippen molar-refractivity contribution in [2.24, 2.45) is 0 Å². The molecule has 19 heavy (non-hydrogen) atoms. The minimum atomic E-state index is -0.615. The third-order valence-corrected chi connectivity index (χ3v) is 3.58. The second-order valence-electron chi connectivity index (χ2n) is 5.28. The molecule has 1 aliphatic rings. The van der Waals surface area contributed by atoms with Crippen molar-refractivity contribution in [1.29, 1.82) is 0 Å². The van der Waals surface area contributed by atoms with Gasteiger partial charge in [0.05, 0.1) is 5.60 Å². The van der Waals surface area contributed by atoms with E-state index in [4.69, 9.17) is 4.74 Å². The fourth-order valence-electron chi connectivity index (χ4n) is 2.53. The Bertz CT molecular complexity index is 385. The van der Waals surface area contributed by atoms with E-state index >= 15 is 0 Å². The molecule has 1 aromatic rings. The Labute approximate surface area is 115 Å². The number of hydrogen-bond donors (Lipinski definition) is 1. The predicted molar refractivity (Wildman–Crippen MR) is 76.9 cm³/mol. The van der Waals surface area contributed by atoms with Crippen LogP contribution in [0, 0.1) is 0 Å². The molecule has 1 fully saturated rings. The molecule has 104 valence electrons. The summed E-state index contributed by atoms with van der Waals surface area (Å²) in [5.41, 5.74) is 0.649. The Kier molecular flexibility index (Phi) is 5.14. The van der Waals surface area contributed by atoms with Crippen LogP contribution >= 0.6 is 0 Å². The third-order valence-electron chi connectivity index (χ3n) is 3.58. The quantitative estimate of drug-likeness (QED) is 0.797. The average molecular weight is 261 g/mol. The van der Waals surface area contributed by atoms with Crippen molar-refractivity contribution < 1.29 is 9.84 Å². The number of benzene rings is 1. The molecule has 1 saturated heterocycles. The monoisotopic (exact) mass is 261 g/mol. The summed E-state index contributed by atoms with van der Waals surface area (Å²) < 4.78 is 5.33. The number of nitrogens with zero attached hydrogens (tertiary/aromatic N) is 1. The molecule has 3 heteroatoms. The van der Waals surface area contributed by atoms with E-state index in [-0.39, 0.29) is 0 Å². The summed E-state index contributed by atoms with van der Waals surface area (Å²) in [6.07, 6.45) is 3.33. The molecular weight excluding hydrogens is 238 g/mol. The van der Waals surface area contributed by atoms with Crippen LogP contribution in [0.1, 0.15) is 18.4 Å². The highest BCUT2D eigenvalue weighted by atomic mass is 16.5. The van der Waals surface area contributed by atoms with Crippen LogP contribution in [0.5, 0.6) is 0 Å². The molecule has 0 amide bonds. The first-order chi connectivity index (χ1) is 9.22. The van der Waals surface area contributed by atoms with E-state index in [0.717, 1.165) is 25.9 Å². The molecule has 0 radical (unpaired) electrons. The summed E-state index contributed by atoms with van der Waals surface area (Å²) in [4.78, 5) is 2.24. The smallest absolute Gasteiger partial charge is 0.0818 e. The highest BCUT2D eigenvalue weighted by Crippen LogP contribution is 2.22. The van der Waals surface area contributed by atoms with Crippen LogP contribution in [-0.4, -0.2) is 41.9 Å². The van der Waals surface area contributed by atoms with E-state index in [1.54, 1.807) is 0 Å². The van der Waals surface area contributed by atoms with Crippen molar-refractivity contribution in [2.45, 2.75) is 25.0 Å². The molecule has 1 N–H and O–H groups in total. The summed E-state index contributed by atoms with van der Waals surface area (Å²) >= 11 is 0. The van der Waals surface area contributed by atoms with Gasteiger partial charge in [-0.2, -0.15) is 0 Å². The Morgan fingerprint density at radius 3 is 2.58 bits per heavy atom. The second-order valence-corrected chi connectivity index (χ2v) is 5.28. The maximum absolute atomic E-state index is 10.6. The molecule has 0 aliphatic carbocycles. The van der Waals surface area contributed by atoms with Gasteiger partial charge in [0.25, 0.3) is 0 Å². The topological polar surface area (TPSA) is 32.7 Å². The molecule has 0 atom stereocenters. The van der Waals surface area contributed by atoms with Gasteiger partial charge in [0.2, 0.25) is 0 Å². The van der Waals surface area contributed by atoms with Crippen LogP contribution in [0.15, 0.2) is 43.0 Å². The van der Waals surface area contributed by atoms with Crippen LogP contribution in [-0.2, 0) is 11.3 Å². The standard InChI is InChI=1S/C16H23NO2/c1-2-10-17(13-15-6-4-3-5-7-15)14-16(18)8-11-19-12-9-16/h2-7,18H,1,8-14H2. The van der Waals surface area contributed by atoms with Gasteiger partial charge >= 0.3 is 0 Å². The van der Waals surface area contributed by atoms with E-state index in [2.05, 4.69) is 23.6 Å². The van der Waals surface area contributed by atoms with Gasteiger partial charge in [-0.3, -0.25) is 4.90 Å². The molecule has 0 unspecified atom stereocenters. The Hall–Kier alpha value is -1.16. The van der Waals surface area contributed by atoms with Crippen molar-refractivity contribution in [3.8, 4) is 0 Å². The first kappa shape index (κ1) is 14.3. The van der Waals surface area contributed by atoms with Crippen molar-refractivity contribution in [2.75, 3.05) is 26.3 Å². The van der Waals surface area contributed by atoms with E-state index < -0.39 is 5.60 Å². The van der Waals surface area contributed by atoms with Crippen molar-refractivity contribution in [3.05, 3.63) is 48.6 Å². The van der Waals surface area contributed by atoms with E-state index in [9.17, 15) is 5.11 Å². The molecule has 0 bridgehead atoms. The zero-order chi connectivity index (χ0) is 13.6. The van der Waals surface area contributed by atoms with E-state index in [1.165, 1.54) is 5.56 Å². The van der Waals surface area contributed by atoms with E-state index in [0.29, 0.717) is 19.8 Å². The first-order valence-electron chi connectivity index (χ1n) is 6.89. The normalized spacial score (nSPS) is 18.4. The molecular formula is C16H23NO2. The first-order valence-corrected chi connectivity index (χ1v) is 6.89. The molecule has 1 aromatic carbocycles. The SMILES string of the molecule is C=CCN(Cc1ccccc1)CC1(O)CCOCC1.